The standard InChI is InChI=1S/C14H20N6O7S/c1-17-4-3-8(6-17)26-16-13(21)12-11-9(5-15-18(11)2)10-7-19(12)14(22)20(10)27-28(23,24)25/h5,8,10,12H,3-4,6-7H2,1-2H3,(H,16,21)(H,23,24,25)/t8?,10-,12-/m0/s1. The van der Waals surface area contributed by atoms with Gasteiger partial charge in [-0.2, -0.15) is 18.6 Å². The Morgan fingerprint density at radius 2 is 2.11 bits per heavy atom. The van der Waals surface area contributed by atoms with E-state index in [0.29, 0.717) is 22.9 Å². The Hall–Kier alpha value is -2.26. The molecule has 4 heterocycles. The highest BCUT2D eigenvalue weighted by Crippen LogP contribution is 2.44. The summed E-state index contributed by atoms with van der Waals surface area (Å²) in [7, 11) is -1.36. The molecule has 0 spiro atoms. The zero-order valence-electron chi connectivity index (χ0n) is 15.2. The van der Waals surface area contributed by atoms with E-state index in [1.54, 1.807) is 7.05 Å². The summed E-state index contributed by atoms with van der Waals surface area (Å²) in [5, 5.41) is 4.65. The van der Waals surface area contributed by atoms with Gasteiger partial charge in [0, 0.05) is 25.7 Å². The van der Waals surface area contributed by atoms with Gasteiger partial charge in [-0.1, -0.05) is 0 Å². The van der Waals surface area contributed by atoms with E-state index in [2.05, 4.69) is 19.8 Å². The average molecular weight is 416 g/mol. The summed E-state index contributed by atoms with van der Waals surface area (Å²) >= 11 is 0. The first-order chi connectivity index (χ1) is 13.2. The fourth-order valence-corrected chi connectivity index (χ4v) is 4.25. The van der Waals surface area contributed by atoms with Gasteiger partial charge in [-0.25, -0.2) is 10.3 Å². The van der Waals surface area contributed by atoms with Gasteiger partial charge in [-0.05, 0) is 13.5 Å². The molecular formula is C14H20N6O7S. The van der Waals surface area contributed by atoms with E-state index < -0.39 is 34.4 Å². The number of hydrogen-bond donors (Lipinski definition) is 2. The van der Waals surface area contributed by atoms with Gasteiger partial charge in [-0.15, -0.1) is 4.28 Å². The molecule has 1 aromatic rings. The summed E-state index contributed by atoms with van der Waals surface area (Å²) in [6.07, 6.45) is 2.03. The van der Waals surface area contributed by atoms with Crippen molar-refractivity contribution in [3.05, 3.63) is 17.5 Å². The van der Waals surface area contributed by atoms with Crippen LogP contribution in [0.4, 0.5) is 4.79 Å². The number of hydroxylamine groups is 3. The van der Waals surface area contributed by atoms with E-state index in [1.165, 1.54) is 10.9 Å². The van der Waals surface area contributed by atoms with Gasteiger partial charge >= 0.3 is 16.4 Å². The number of likely N-dealkylation sites (N-methyl/N-ethyl adjacent to an activating group) is 1. The third-order valence-electron chi connectivity index (χ3n) is 5.13. The average Bonchev–Trinajstić information content (AvgIpc) is 3.27. The predicted octanol–water partition coefficient (Wildman–Crippen LogP) is -1.26. The Morgan fingerprint density at radius 3 is 2.75 bits per heavy atom. The van der Waals surface area contributed by atoms with Crippen molar-refractivity contribution in [2.45, 2.75) is 24.6 Å². The Bertz CT molecular complexity index is 917. The van der Waals surface area contributed by atoms with Crippen LogP contribution in [0.1, 0.15) is 29.8 Å². The fraction of sp³-hybridized carbons (Fsp3) is 0.643. The van der Waals surface area contributed by atoms with Crippen LogP contribution in [0.15, 0.2) is 6.20 Å². The molecule has 4 rings (SSSR count). The van der Waals surface area contributed by atoms with E-state index in [9.17, 15) is 18.0 Å². The summed E-state index contributed by atoms with van der Waals surface area (Å²) in [6.45, 7) is 1.52. The van der Waals surface area contributed by atoms with Gasteiger partial charge in [0.2, 0.25) is 0 Å². The molecule has 0 aliphatic carbocycles. The largest absolute Gasteiger partial charge is 0.418 e. The second-order valence-corrected chi connectivity index (χ2v) is 8.05. The van der Waals surface area contributed by atoms with Crippen LogP contribution in [-0.4, -0.2) is 82.3 Å². The molecule has 1 unspecified atom stereocenters. The smallest absolute Gasteiger partial charge is 0.304 e. The minimum Gasteiger partial charge on any atom is -0.304 e. The van der Waals surface area contributed by atoms with Crippen LogP contribution in [-0.2, 0) is 31.4 Å². The molecule has 14 heteroatoms. The van der Waals surface area contributed by atoms with Gasteiger partial charge < -0.3 is 9.80 Å². The number of likely N-dealkylation sites (tertiary alicyclic amines) is 1. The molecule has 28 heavy (non-hydrogen) atoms. The summed E-state index contributed by atoms with van der Waals surface area (Å²) in [4.78, 5) is 34.2. The van der Waals surface area contributed by atoms with Crippen LogP contribution in [0.3, 0.4) is 0 Å². The van der Waals surface area contributed by atoms with Crippen LogP contribution in [0.25, 0.3) is 0 Å². The maximum Gasteiger partial charge on any atom is 0.418 e. The molecule has 2 bridgehead atoms. The van der Waals surface area contributed by atoms with Gasteiger partial charge in [0.25, 0.3) is 5.91 Å². The van der Waals surface area contributed by atoms with Crippen molar-refractivity contribution in [3.8, 4) is 0 Å². The zero-order chi connectivity index (χ0) is 20.2. The number of aryl methyl sites for hydroxylation is 1. The number of nitrogens with one attached hydrogen (secondary N) is 1. The highest BCUT2D eigenvalue weighted by molar-refractivity contribution is 7.80. The molecule has 0 saturated carbocycles. The Kier molecular flexibility index (Phi) is 4.54. The van der Waals surface area contributed by atoms with E-state index in [1.807, 2.05) is 7.05 Å². The van der Waals surface area contributed by atoms with E-state index >= 15 is 0 Å². The molecule has 3 atom stereocenters. The maximum absolute atomic E-state index is 12.9. The maximum atomic E-state index is 12.9. The van der Waals surface area contributed by atoms with Crippen molar-refractivity contribution >= 4 is 22.3 Å². The molecule has 0 aromatic carbocycles. The SMILES string of the molecule is CN1CCC(ONC(=O)[C@@H]2c3c(cnn3C)[C@@H]3CN2C(=O)N3OS(=O)(=O)O)C1. The second-order valence-electron chi connectivity index (χ2n) is 7.05. The highest BCUT2D eigenvalue weighted by Gasteiger charge is 2.54. The Balaban J connectivity index is 1.59. The van der Waals surface area contributed by atoms with Crippen molar-refractivity contribution in [2.75, 3.05) is 26.7 Å². The number of fused-ring (bicyclic) bond motifs is 4. The molecular weight excluding hydrogens is 396 g/mol. The van der Waals surface area contributed by atoms with Gasteiger partial charge in [0.05, 0.1) is 24.5 Å². The summed E-state index contributed by atoms with van der Waals surface area (Å²) in [5.74, 6) is -0.583. The third kappa shape index (κ3) is 3.22. The van der Waals surface area contributed by atoms with E-state index in [-0.39, 0.29) is 12.6 Å². The number of amides is 3. The number of hydrogen-bond acceptors (Lipinski definition) is 8. The normalized spacial score (nSPS) is 27.4. The van der Waals surface area contributed by atoms with Gasteiger partial charge in [0.1, 0.15) is 6.04 Å². The minimum atomic E-state index is -4.92. The number of aromatic nitrogens is 2. The van der Waals surface area contributed by atoms with Crippen LogP contribution < -0.4 is 5.48 Å². The molecule has 3 amide bonds. The molecule has 2 saturated heterocycles. The lowest BCUT2D eigenvalue weighted by Crippen LogP contribution is -2.45. The van der Waals surface area contributed by atoms with Crippen LogP contribution in [0.2, 0.25) is 0 Å². The molecule has 2 N–H and O–H groups in total. The van der Waals surface area contributed by atoms with Crippen molar-refractivity contribution in [1.82, 2.24) is 30.1 Å². The molecule has 0 radical (unpaired) electrons. The first-order valence-corrected chi connectivity index (χ1v) is 9.95. The number of urea groups is 1. The van der Waals surface area contributed by atoms with Gasteiger partial charge in [-0.3, -0.25) is 18.9 Å². The summed E-state index contributed by atoms with van der Waals surface area (Å²) in [5.41, 5.74) is 3.28. The number of nitrogens with zero attached hydrogens (tertiary/aromatic N) is 5. The van der Waals surface area contributed by atoms with Crippen molar-refractivity contribution in [1.29, 1.82) is 0 Å². The monoisotopic (exact) mass is 416 g/mol. The van der Waals surface area contributed by atoms with Gasteiger partial charge in [0.15, 0.2) is 6.04 Å². The van der Waals surface area contributed by atoms with Crippen molar-refractivity contribution in [3.63, 3.8) is 0 Å². The molecule has 13 nitrogen and oxygen atoms in total. The Labute approximate surface area is 160 Å². The second kappa shape index (κ2) is 6.66. The first-order valence-electron chi connectivity index (χ1n) is 8.58. The van der Waals surface area contributed by atoms with Crippen LogP contribution in [0.5, 0.6) is 0 Å². The molecule has 3 aliphatic heterocycles. The lowest BCUT2D eigenvalue weighted by atomic mass is 9.97. The third-order valence-corrected chi connectivity index (χ3v) is 5.48. The quantitative estimate of drug-likeness (QED) is 0.443. The first kappa shape index (κ1) is 19.1. The van der Waals surface area contributed by atoms with Crippen LogP contribution >= 0.6 is 0 Å². The predicted molar refractivity (Wildman–Crippen MR) is 90.4 cm³/mol. The molecule has 2 fully saturated rings. The van der Waals surface area contributed by atoms with E-state index in [0.717, 1.165) is 17.9 Å². The number of rotatable bonds is 5. The summed E-state index contributed by atoms with van der Waals surface area (Å²) in [6, 6.07) is -2.77. The van der Waals surface area contributed by atoms with Crippen molar-refractivity contribution in [2.24, 2.45) is 7.05 Å². The topological polar surface area (TPSA) is 147 Å². The van der Waals surface area contributed by atoms with Crippen molar-refractivity contribution < 1.29 is 31.7 Å². The molecule has 3 aliphatic rings. The number of carbonyl (C=O) groups excluding carboxylic acids is 2. The molecule has 1 aromatic heterocycles. The summed E-state index contributed by atoms with van der Waals surface area (Å²) < 4.78 is 37.1. The Morgan fingerprint density at radius 1 is 1.36 bits per heavy atom. The lowest BCUT2D eigenvalue weighted by Gasteiger charge is -2.30. The van der Waals surface area contributed by atoms with Crippen LogP contribution in [0, 0.1) is 0 Å². The van der Waals surface area contributed by atoms with E-state index in [4.69, 9.17) is 9.39 Å². The molecule has 154 valence electrons. The fourth-order valence-electron chi connectivity index (χ4n) is 3.88. The number of carbonyl (C=O) groups is 2. The highest BCUT2D eigenvalue weighted by atomic mass is 32.3. The minimum absolute atomic E-state index is 0.00268. The zero-order valence-corrected chi connectivity index (χ0v) is 16.0. The lowest BCUT2D eigenvalue weighted by molar-refractivity contribution is -0.143.